The molecule has 18 heavy (non-hydrogen) atoms. The lowest BCUT2D eigenvalue weighted by Gasteiger charge is -2.16. The molecule has 0 fully saturated rings. The van der Waals surface area contributed by atoms with Crippen LogP contribution in [-0.4, -0.2) is 10.6 Å². The first-order chi connectivity index (χ1) is 8.59. The normalized spacial score (nSPS) is 18.0. The largest absolute Gasteiger partial charge is 0.318 e. The highest BCUT2D eigenvalue weighted by atomic mass is 32.1. The first-order valence-electron chi connectivity index (χ1n) is 7.36. The second-order valence-electron chi connectivity index (χ2n) is 5.86. The Hall–Kier alpha value is -0.570. The van der Waals surface area contributed by atoms with Gasteiger partial charge in [-0.1, -0.05) is 12.8 Å². The van der Waals surface area contributed by atoms with Crippen LogP contribution in [0.15, 0.2) is 4.99 Å². The molecule has 1 aliphatic carbocycles. The van der Waals surface area contributed by atoms with Gasteiger partial charge in [0.1, 0.15) is 0 Å². The summed E-state index contributed by atoms with van der Waals surface area (Å²) < 4.78 is 2.49. The molecule has 1 aromatic heterocycles. The molecule has 2 nitrogen and oxygen atoms in total. The van der Waals surface area contributed by atoms with Gasteiger partial charge >= 0.3 is 0 Å². The molecule has 0 atom stereocenters. The van der Waals surface area contributed by atoms with Crippen molar-refractivity contribution in [1.82, 2.24) is 4.57 Å². The van der Waals surface area contributed by atoms with Crippen molar-refractivity contribution in [3.05, 3.63) is 15.4 Å². The van der Waals surface area contributed by atoms with Crippen molar-refractivity contribution in [1.29, 1.82) is 0 Å². The third-order valence-corrected chi connectivity index (χ3v) is 4.66. The number of hydrogen-bond acceptors (Lipinski definition) is 2. The van der Waals surface area contributed by atoms with Crippen molar-refractivity contribution in [2.45, 2.75) is 78.3 Å². The van der Waals surface area contributed by atoms with Crippen LogP contribution < -0.4 is 4.80 Å². The summed E-state index contributed by atoms with van der Waals surface area (Å²) in [6.07, 6.45) is 8.00. The minimum atomic E-state index is 0.388. The van der Waals surface area contributed by atoms with E-state index in [-0.39, 0.29) is 0 Å². The number of fused-ring (bicyclic) bond motifs is 1. The highest BCUT2D eigenvalue weighted by molar-refractivity contribution is 7.09. The molecular formula is C15H26N2S. The van der Waals surface area contributed by atoms with E-state index in [2.05, 4.69) is 32.3 Å². The quantitative estimate of drug-likeness (QED) is 0.767. The summed E-state index contributed by atoms with van der Waals surface area (Å²) >= 11 is 1.94. The molecule has 0 amide bonds. The van der Waals surface area contributed by atoms with Crippen LogP contribution in [-0.2, 0) is 12.8 Å². The average molecular weight is 266 g/mol. The fourth-order valence-corrected chi connectivity index (χ4v) is 4.16. The molecular weight excluding hydrogens is 240 g/mol. The maximum atomic E-state index is 4.83. The molecule has 0 spiro atoms. The first kappa shape index (κ1) is 13.9. The van der Waals surface area contributed by atoms with Crippen LogP contribution in [0.3, 0.4) is 0 Å². The van der Waals surface area contributed by atoms with Gasteiger partial charge in [-0.2, -0.15) is 0 Å². The Balaban J connectivity index is 2.51. The molecule has 1 aliphatic rings. The van der Waals surface area contributed by atoms with Crippen molar-refractivity contribution >= 4 is 11.3 Å². The molecule has 1 heterocycles. The highest BCUT2D eigenvalue weighted by Crippen LogP contribution is 2.24. The maximum absolute atomic E-state index is 4.83. The number of thiazole rings is 1. The van der Waals surface area contributed by atoms with E-state index in [9.17, 15) is 0 Å². The third-order valence-electron chi connectivity index (χ3n) is 3.49. The molecule has 2 rings (SSSR count). The van der Waals surface area contributed by atoms with Crippen LogP contribution in [0.25, 0.3) is 0 Å². The molecule has 0 saturated carbocycles. The zero-order chi connectivity index (χ0) is 13.1. The lowest BCUT2D eigenvalue weighted by molar-refractivity contribution is 0.523. The zero-order valence-electron chi connectivity index (χ0n) is 12.2. The van der Waals surface area contributed by atoms with Gasteiger partial charge in [0.05, 0.1) is 0 Å². The Labute approximate surface area is 115 Å². The molecule has 1 aromatic rings. The maximum Gasteiger partial charge on any atom is 0.185 e. The summed E-state index contributed by atoms with van der Waals surface area (Å²) in [7, 11) is 0. The van der Waals surface area contributed by atoms with E-state index in [1.54, 1.807) is 10.6 Å². The van der Waals surface area contributed by atoms with Crippen molar-refractivity contribution in [2.75, 3.05) is 0 Å². The lowest BCUT2D eigenvalue weighted by Crippen LogP contribution is -2.21. The van der Waals surface area contributed by atoms with Crippen LogP contribution in [0.2, 0.25) is 0 Å². The Morgan fingerprint density at radius 3 is 2.28 bits per heavy atom. The SMILES string of the molecule is CC(C)/N=c1\sc2c(n1C(C)C)CCCCCC2. The number of hydrogen-bond donors (Lipinski definition) is 0. The van der Waals surface area contributed by atoms with Gasteiger partial charge < -0.3 is 4.57 Å². The number of aromatic nitrogens is 1. The molecule has 0 unspecified atom stereocenters. The summed E-state index contributed by atoms with van der Waals surface area (Å²) in [5, 5.41) is 0. The molecule has 0 N–H and O–H groups in total. The Morgan fingerprint density at radius 1 is 1.00 bits per heavy atom. The summed E-state index contributed by atoms with van der Waals surface area (Å²) in [5.74, 6) is 0. The van der Waals surface area contributed by atoms with Gasteiger partial charge in [-0.3, -0.25) is 4.99 Å². The van der Waals surface area contributed by atoms with Crippen LogP contribution in [0, 0.1) is 0 Å². The Kier molecular flexibility index (Phi) is 4.66. The Morgan fingerprint density at radius 2 is 1.67 bits per heavy atom. The van der Waals surface area contributed by atoms with E-state index in [0.29, 0.717) is 12.1 Å². The van der Waals surface area contributed by atoms with Crippen LogP contribution >= 0.6 is 11.3 Å². The standard InChI is InChI=1S/C15H26N2S/c1-11(2)16-15-17(12(3)4)13-9-7-5-6-8-10-14(13)18-15/h11-12H,5-10H2,1-4H3/b16-15-. The van der Waals surface area contributed by atoms with Gasteiger partial charge in [0.25, 0.3) is 0 Å². The lowest BCUT2D eigenvalue weighted by atomic mass is 10.0. The molecule has 0 bridgehead atoms. The molecule has 3 heteroatoms. The predicted molar refractivity (Wildman–Crippen MR) is 79.3 cm³/mol. The van der Waals surface area contributed by atoms with Gasteiger partial charge in [-0.25, -0.2) is 0 Å². The van der Waals surface area contributed by atoms with Gasteiger partial charge in [0.2, 0.25) is 0 Å². The average Bonchev–Trinajstić information content (AvgIpc) is 2.55. The van der Waals surface area contributed by atoms with Crippen LogP contribution in [0.5, 0.6) is 0 Å². The van der Waals surface area contributed by atoms with E-state index < -0.39 is 0 Å². The first-order valence-corrected chi connectivity index (χ1v) is 8.18. The van der Waals surface area contributed by atoms with Gasteiger partial charge in [-0.15, -0.1) is 11.3 Å². The molecule has 0 aliphatic heterocycles. The monoisotopic (exact) mass is 266 g/mol. The van der Waals surface area contributed by atoms with Crippen molar-refractivity contribution in [2.24, 2.45) is 4.99 Å². The van der Waals surface area contributed by atoms with Gasteiger partial charge in [-0.05, 0) is 53.4 Å². The smallest absolute Gasteiger partial charge is 0.185 e. The van der Waals surface area contributed by atoms with Crippen molar-refractivity contribution in [3.8, 4) is 0 Å². The van der Waals surface area contributed by atoms with E-state index >= 15 is 0 Å². The fraction of sp³-hybridized carbons (Fsp3) is 0.800. The number of aryl methyl sites for hydroxylation is 1. The topological polar surface area (TPSA) is 17.3 Å². The van der Waals surface area contributed by atoms with E-state index in [1.165, 1.54) is 43.3 Å². The van der Waals surface area contributed by atoms with E-state index in [1.807, 2.05) is 11.3 Å². The van der Waals surface area contributed by atoms with E-state index in [0.717, 1.165) is 0 Å². The second kappa shape index (κ2) is 6.05. The molecule has 0 radical (unpaired) electrons. The minimum absolute atomic E-state index is 0.388. The highest BCUT2D eigenvalue weighted by Gasteiger charge is 2.17. The Bertz CT molecular complexity index is 452. The second-order valence-corrected chi connectivity index (χ2v) is 6.92. The summed E-state index contributed by atoms with van der Waals surface area (Å²) in [5.41, 5.74) is 1.58. The third kappa shape index (κ3) is 3.05. The molecule has 0 aromatic carbocycles. The summed E-state index contributed by atoms with van der Waals surface area (Å²) in [6.45, 7) is 8.90. The molecule has 102 valence electrons. The van der Waals surface area contributed by atoms with Crippen molar-refractivity contribution in [3.63, 3.8) is 0 Å². The predicted octanol–water partition coefficient (Wildman–Crippen LogP) is 4.10. The van der Waals surface area contributed by atoms with Crippen LogP contribution in [0.1, 0.15) is 70.0 Å². The zero-order valence-corrected chi connectivity index (χ0v) is 13.0. The minimum Gasteiger partial charge on any atom is -0.318 e. The number of nitrogens with zero attached hydrogens (tertiary/aromatic N) is 2. The van der Waals surface area contributed by atoms with Gasteiger partial charge in [0.15, 0.2) is 4.80 Å². The van der Waals surface area contributed by atoms with Crippen molar-refractivity contribution < 1.29 is 0 Å². The number of rotatable bonds is 2. The molecule has 0 saturated heterocycles. The van der Waals surface area contributed by atoms with Gasteiger partial charge in [0, 0.05) is 22.7 Å². The summed E-state index contributed by atoms with van der Waals surface area (Å²) in [4.78, 5) is 7.67. The van der Waals surface area contributed by atoms with Crippen LogP contribution in [0.4, 0.5) is 0 Å². The van der Waals surface area contributed by atoms with E-state index in [4.69, 9.17) is 4.99 Å². The fourth-order valence-electron chi connectivity index (χ4n) is 2.70. The summed E-state index contributed by atoms with van der Waals surface area (Å²) in [6, 6.07) is 0.918.